The van der Waals surface area contributed by atoms with Gasteiger partial charge in [0.1, 0.15) is 16.4 Å². The molecule has 0 unspecified atom stereocenters. The van der Waals surface area contributed by atoms with E-state index in [0.29, 0.717) is 22.9 Å². The molecule has 5 nitrogen and oxygen atoms in total. The van der Waals surface area contributed by atoms with Crippen LogP contribution in [0.1, 0.15) is 15.4 Å². The zero-order valence-electron chi connectivity index (χ0n) is 11.0. The highest BCUT2D eigenvalue weighted by atomic mass is 32.1. The van der Waals surface area contributed by atoms with Crippen LogP contribution < -0.4 is 5.32 Å². The molecule has 106 valence electrons. The van der Waals surface area contributed by atoms with Crippen molar-refractivity contribution in [2.45, 2.75) is 6.42 Å². The van der Waals surface area contributed by atoms with Gasteiger partial charge in [0.05, 0.1) is 6.20 Å². The van der Waals surface area contributed by atoms with E-state index in [9.17, 15) is 4.79 Å². The van der Waals surface area contributed by atoms with Crippen molar-refractivity contribution >= 4 is 28.6 Å². The Morgan fingerprint density at radius 2 is 2.24 bits per heavy atom. The molecule has 0 saturated carbocycles. The third-order valence-electron chi connectivity index (χ3n) is 2.76. The fraction of sp³-hybridized carbons (Fsp3) is 0.143. The number of amides is 1. The molecule has 0 aliphatic carbocycles. The van der Waals surface area contributed by atoms with E-state index >= 15 is 0 Å². The minimum atomic E-state index is -0.155. The van der Waals surface area contributed by atoms with Crippen LogP contribution in [0.4, 0.5) is 0 Å². The molecule has 21 heavy (non-hydrogen) atoms. The number of carbonyl (C=O) groups excluding carboxylic acids is 1. The van der Waals surface area contributed by atoms with Crippen LogP contribution in [-0.4, -0.2) is 27.4 Å². The minimum absolute atomic E-state index is 0.155. The molecule has 0 atom stereocenters. The Labute approximate surface area is 129 Å². The second-order valence-electron chi connectivity index (χ2n) is 4.21. The highest BCUT2D eigenvalue weighted by Gasteiger charge is 2.12. The Bertz CT molecular complexity index is 710. The van der Waals surface area contributed by atoms with Gasteiger partial charge in [0, 0.05) is 29.2 Å². The van der Waals surface area contributed by atoms with Gasteiger partial charge in [0.2, 0.25) is 0 Å². The fourth-order valence-electron chi connectivity index (χ4n) is 1.75. The molecule has 0 radical (unpaired) electrons. The largest absolute Gasteiger partial charge is 0.350 e. The third kappa shape index (κ3) is 3.50. The van der Waals surface area contributed by atoms with Gasteiger partial charge in [-0.05, 0) is 17.9 Å². The van der Waals surface area contributed by atoms with E-state index in [1.807, 2.05) is 11.4 Å². The summed E-state index contributed by atoms with van der Waals surface area (Å²) in [7, 11) is 0. The Morgan fingerprint density at radius 1 is 1.29 bits per heavy atom. The lowest BCUT2D eigenvalue weighted by Crippen LogP contribution is -2.25. The number of nitrogens with zero attached hydrogens (tertiary/aromatic N) is 3. The summed E-state index contributed by atoms with van der Waals surface area (Å²) in [6.07, 6.45) is 5.69. The van der Waals surface area contributed by atoms with Crippen LogP contribution in [0.3, 0.4) is 0 Å². The Balaban J connectivity index is 1.59. The number of rotatable bonds is 5. The number of hydrogen-bond donors (Lipinski definition) is 1. The first-order valence-corrected chi connectivity index (χ1v) is 8.11. The Morgan fingerprint density at radius 3 is 3.00 bits per heavy atom. The molecule has 7 heteroatoms. The standard InChI is InChI=1S/C14H12N4OS2/c19-13(17-4-3-10-2-1-7-20-10)12-9-21-14(18-12)11-8-15-5-6-16-11/h1-2,5-9H,3-4H2,(H,17,19). The molecule has 1 N–H and O–H groups in total. The van der Waals surface area contributed by atoms with Crippen LogP contribution >= 0.6 is 22.7 Å². The monoisotopic (exact) mass is 316 g/mol. The van der Waals surface area contributed by atoms with Crippen LogP contribution in [0.2, 0.25) is 0 Å². The highest BCUT2D eigenvalue weighted by molar-refractivity contribution is 7.13. The van der Waals surface area contributed by atoms with Crippen LogP contribution in [0.15, 0.2) is 41.5 Å². The Kier molecular flexibility index (Phi) is 4.32. The van der Waals surface area contributed by atoms with E-state index in [4.69, 9.17) is 0 Å². The van der Waals surface area contributed by atoms with Crippen molar-refractivity contribution in [3.8, 4) is 10.7 Å². The molecule has 0 fully saturated rings. The predicted octanol–water partition coefficient (Wildman–Crippen LogP) is 2.63. The summed E-state index contributed by atoms with van der Waals surface area (Å²) in [5.74, 6) is -0.155. The summed E-state index contributed by atoms with van der Waals surface area (Å²) in [6.45, 7) is 0.608. The van der Waals surface area contributed by atoms with Crippen molar-refractivity contribution in [3.05, 3.63) is 52.1 Å². The minimum Gasteiger partial charge on any atom is -0.350 e. The predicted molar refractivity (Wildman–Crippen MR) is 83.5 cm³/mol. The molecule has 0 aliphatic heterocycles. The van der Waals surface area contributed by atoms with E-state index in [-0.39, 0.29) is 5.91 Å². The lowest BCUT2D eigenvalue weighted by Gasteiger charge is -2.01. The molecule has 0 bridgehead atoms. The summed E-state index contributed by atoms with van der Waals surface area (Å²) < 4.78 is 0. The average Bonchev–Trinajstić information content (AvgIpc) is 3.20. The van der Waals surface area contributed by atoms with Crippen LogP contribution in [0, 0.1) is 0 Å². The van der Waals surface area contributed by atoms with Gasteiger partial charge in [0.25, 0.3) is 5.91 Å². The first-order valence-electron chi connectivity index (χ1n) is 6.35. The van der Waals surface area contributed by atoms with Crippen molar-refractivity contribution in [3.63, 3.8) is 0 Å². The van der Waals surface area contributed by atoms with E-state index < -0.39 is 0 Å². The van der Waals surface area contributed by atoms with Crippen molar-refractivity contribution in [2.75, 3.05) is 6.54 Å². The van der Waals surface area contributed by atoms with Gasteiger partial charge in [-0.1, -0.05) is 6.07 Å². The van der Waals surface area contributed by atoms with Gasteiger partial charge < -0.3 is 5.32 Å². The number of aromatic nitrogens is 3. The first kappa shape index (κ1) is 13.8. The number of hydrogen-bond acceptors (Lipinski definition) is 6. The van der Waals surface area contributed by atoms with E-state index in [2.05, 4.69) is 26.3 Å². The smallest absolute Gasteiger partial charge is 0.270 e. The molecule has 3 heterocycles. The lowest BCUT2D eigenvalue weighted by atomic mass is 10.3. The Hall–Kier alpha value is -2.12. The first-order chi connectivity index (χ1) is 10.3. The maximum Gasteiger partial charge on any atom is 0.270 e. The average molecular weight is 316 g/mol. The maximum absolute atomic E-state index is 12.0. The van der Waals surface area contributed by atoms with Gasteiger partial charge in [-0.15, -0.1) is 22.7 Å². The molecule has 0 aliphatic rings. The van der Waals surface area contributed by atoms with Crippen molar-refractivity contribution < 1.29 is 4.79 Å². The van der Waals surface area contributed by atoms with Crippen molar-refractivity contribution in [1.82, 2.24) is 20.3 Å². The summed E-state index contributed by atoms with van der Waals surface area (Å²) >= 11 is 3.08. The van der Waals surface area contributed by atoms with Crippen LogP contribution in [0.5, 0.6) is 0 Å². The summed E-state index contributed by atoms with van der Waals surface area (Å²) in [4.78, 5) is 25.7. The van der Waals surface area contributed by atoms with Gasteiger partial charge in [-0.2, -0.15) is 0 Å². The summed E-state index contributed by atoms with van der Waals surface area (Å²) in [6, 6.07) is 4.07. The molecule has 0 spiro atoms. The number of thiazole rings is 1. The van der Waals surface area contributed by atoms with Gasteiger partial charge >= 0.3 is 0 Å². The highest BCUT2D eigenvalue weighted by Crippen LogP contribution is 2.20. The topological polar surface area (TPSA) is 67.8 Å². The van der Waals surface area contributed by atoms with E-state index in [0.717, 1.165) is 6.42 Å². The van der Waals surface area contributed by atoms with Crippen LogP contribution in [0.25, 0.3) is 10.7 Å². The van der Waals surface area contributed by atoms with Gasteiger partial charge in [-0.25, -0.2) is 4.98 Å². The number of nitrogens with one attached hydrogen (secondary N) is 1. The molecule has 0 saturated heterocycles. The molecule has 1 amide bonds. The summed E-state index contributed by atoms with van der Waals surface area (Å²) in [5, 5.41) is 7.35. The third-order valence-corrected chi connectivity index (χ3v) is 4.56. The lowest BCUT2D eigenvalue weighted by molar-refractivity contribution is 0.0950. The quantitative estimate of drug-likeness (QED) is 0.786. The molecule has 0 aromatic carbocycles. The molecule has 3 aromatic rings. The second kappa shape index (κ2) is 6.55. The van der Waals surface area contributed by atoms with Gasteiger partial charge in [-0.3, -0.25) is 14.8 Å². The maximum atomic E-state index is 12.0. The SMILES string of the molecule is O=C(NCCc1cccs1)c1csc(-c2cnccn2)n1. The van der Waals surface area contributed by atoms with Crippen molar-refractivity contribution in [1.29, 1.82) is 0 Å². The normalized spacial score (nSPS) is 10.5. The number of thiophene rings is 1. The van der Waals surface area contributed by atoms with E-state index in [1.54, 1.807) is 35.3 Å². The zero-order valence-corrected chi connectivity index (χ0v) is 12.7. The van der Waals surface area contributed by atoms with E-state index in [1.165, 1.54) is 16.2 Å². The van der Waals surface area contributed by atoms with Gasteiger partial charge in [0.15, 0.2) is 0 Å². The molecular formula is C14H12N4OS2. The molecule has 3 rings (SSSR count). The fourth-order valence-corrected chi connectivity index (χ4v) is 3.22. The zero-order chi connectivity index (χ0) is 14.5. The molecule has 3 aromatic heterocycles. The van der Waals surface area contributed by atoms with Crippen molar-refractivity contribution in [2.24, 2.45) is 0 Å². The molecular weight excluding hydrogens is 304 g/mol. The second-order valence-corrected chi connectivity index (χ2v) is 6.10. The van der Waals surface area contributed by atoms with Crippen LogP contribution in [-0.2, 0) is 6.42 Å². The summed E-state index contributed by atoms with van der Waals surface area (Å²) in [5.41, 5.74) is 1.10. The number of carbonyl (C=O) groups is 1.